The maximum atomic E-state index is 12.6. The number of benzene rings is 1. The summed E-state index contributed by atoms with van der Waals surface area (Å²) in [6.07, 6.45) is 6.49. The van der Waals surface area contributed by atoms with Crippen LogP contribution < -0.4 is 5.32 Å². The second kappa shape index (κ2) is 9.34. The molecule has 1 amide bonds. The maximum Gasteiger partial charge on any atom is 0.243 e. The highest BCUT2D eigenvalue weighted by Crippen LogP contribution is 2.21. The van der Waals surface area contributed by atoms with Crippen molar-refractivity contribution < 1.29 is 13.2 Å². The molecular formula is C20H28N4O3S. The van der Waals surface area contributed by atoms with Crippen LogP contribution in [0.2, 0.25) is 0 Å². The predicted molar refractivity (Wildman–Crippen MR) is 109 cm³/mol. The van der Waals surface area contributed by atoms with Crippen molar-refractivity contribution >= 4 is 21.7 Å². The number of amides is 1. The van der Waals surface area contributed by atoms with Crippen LogP contribution in [0.5, 0.6) is 0 Å². The van der Waals surface area contributed by atoms with Crippen LogP contribution in [0, 0.1) is 0 Å². The van der Waals surface area contributed by atoms with Crippen molar-refractivity contribution in [2.24, 2.45) is 0 Å². The van der Waals surface area contributed by atoms with Gasteiger partial charge in [-0.1, -0.05) is 25.5 Å². The van der Waals surface area contributed by atoms with Crippen molar-refractivity contribution in [1.29, 1.82) is 0 Å². The Hall–Kier alpha value is -2.19. The van der Waals surface area contributed by atoms with Gasteiger partial charge in [-0.15, -0.1) is 0 Å². The molecule has 8 heteroatoms. The van der Waals surface area contributed by atoms with Crippen LogP contribution in [-0.2, 0) is 27.8 Å². The summed E-state index contributed by atoms with van der Waals surface area (Å²) in [5, 5.41) is 7.13. The Morgan fingerprint density at radius 2 is 1.86 bits per heavy atom. The maximum absolute atomic E-state index is 12.6. The molecule has 2 aromatic rings. The van der Waals surface area contributed by atoms with E-state index in [-0.39, 0.29) is 5.91 Å². The Balaban J connectivity index is 1.53. The minimum absolute atomic E-state index is 0.0768. The van der Waals surface area contributed by atoms with Crippen LogP contribution in [0.15, 0.2) is 41.4 Å². The zero-order valence-corrected chi connectivity index (χ0v) is 17.1. The van der Waals surface area contributed by atoms with Gasteiger partial charge in [0, 0.05) is 32.1 Å². The Morgan fingerprint density at radius 3 is 2.54 bits per heavy atom. The summed E-state index contributed by atoms with van der Waals surface area (Å²) in [6.45, 7) is 4.09. The SMILES string of the molecule is CCCCn1nccc1NC(=O)CCc1ccc(S(=O)(=O)N2CCCC2)cc1. The summed E-state index contributed by atoms with van der Waals surface area (Å²) in [5.41, 5.74) is 0.940. The highest BCUT2D eigenvalue weighted by molar-refractivity contribution is 7.89. The minimum Gasteiger partial charge on any atom is -0.311 e. The van der Waals surface area contributed by atoms with Gasteiger partial charge in [-0.25, -0.2) is 13.1 Å². The second-order valence-corrected chi connectivity index (χ2v) is 9.03. The zero-order valence-electron chi connectivity index (χ0n) is 16.3. The van der Waals surface area contributed by atoms with Crippen molar-refractivity contribution in [1.82, 2.24) is 14.1 Å². The van der Waals surface area contributed by atoms with Crippen LogP contribution in [0.1, 0.15) is 44.6 Å². The second-order valence-electron chi connectivity index (χ2n) is 7.10. The van der Waals surface area contributed by atoms with E-state index in [1.54, 1.807) is 41.2 Å². The van der Waals surface area contributed by atoms with E-state index in [4.69, 9.17) is 0 Å². The molecule has 1 N–H and O–H groups in total. The third-order valence-corrected chi connectivity index (χ3v) is 6.89. The molecule has 1 aromatic heterocycles. The van der Waals surface area contributed by atoms with E-state index in [0.717, 1.165) is 37.8 Å². The topological polar surface area (TPSA) is 84.3 Å². The van der Waals surface area contributed by atoms with Crippen molar-refractivity contribution in [2.45, 2.75) is 56.9 Å². The van der Waals surface area contributed by atoms with E-state index >= 15 is 0 Å². The van der Waals surface area contributed by atoms with Gasteiger partial charge in [-0.3, -0.25) is 4.79 Å². The molecular weight excluding hydrogens is 376 g/mol. The van der Waals surface area contributed by atoms with Crippen molar-refractivity contribution in [3.05, 3.63) is 42.1 Å². The average Bonchev–Trinajstić information content (AvgIpc) is 3.37. The first-order chi connectivity index (χ1) is 13.5. The van der Waals surface area contributed by atoms with Crippen LogP contribution in [0.4, 0.5) is 5.82 Å². The lowest BCUT2D eigenvalue weighted by Gasteiger charge is -2.15. The van der Waals surface area contributed by atoms with Crippen molar-refractivity contribution in [3.8, 4) is 0 Å². The fourth-order valence-electron chi connectivity index (χ4n) is 3.29. The molecule has 0 spiro atoms. The number of nitrogens with one attached hydrogen (secondary N) is 1. The molecule has 0 bridgehead atoms. The van der Waals surface area contributed by atoms with Gasteiger partial charge in [0.1, 0.15) is 5.82 Å². The standard InChI is InChI=1S/C20H28N4O3S/c1-2-3-16-24-19(12-13-21-24)22-20(25)11-8-17-6-9-18(10-7-17)28(26,27)23-14-4-5-15-23/h6-7,9-10,12-13H,2-5,8,11,14-16H2,1H3,(H,22,25). The lowest BCUT2D eigenvalue weighted by molar-refractivity contribution is -0.116. The van der Waals surface area contributed by atoms with E-state index in [2.05, 4.69) is 17.3 Å². The number of anilines is 1. The largest absolute Gasteiger partial charge is 0.311 e. The quantitative estimate of drug-likeness (QED) is 0.696. The van der Waals surface area contributed by atoms with Crippen LogP contribution >= 0.6 is 0 Å². The molecule has 0 aliphatic carbocycles. The molecule has 0 unspecified atom stereocenters. The summed E-state index contributed by atoms with van der Waals surface area (Å²) >= 11 is 0. The van der Waals surface area contributed by atoms with E-state index in [1.165, 1.54) is 4.31 Å². The smallest absolute Gasteiger partial charge is 0.243 e. The average molecular weight is 405 g/mol. The molecule has 2 heterocycles. The van der Waals surface area contributed by atoms with Gasteiger partial charge < -0.3 is 5.32 Å². The normalized spacial score (nSPS) is 15.0. The molecule has 0 atom stereocenters. The number of hydrogen-bond acceptors (Lipinski definition) is 4. The summed E-state index contributed by atoms with van der Waals surface area (Å²) < 4.78 is 28.4. The highest BCUT2D eigenvalue weighted by Gasteiger charge is 2.26. The molecule has 28 heavy (non-hydrogen) atoms. The summed E-state index contributed by atoms with van der Waals surface area (Å²) in [6, 6.07) is 8.66. The third kappa shape index (κ3) is 4.99. The lowest BCUT2D eigenvalue weighted by atomic mass is 10.1. The summed E-state index contributed by atoms with van der Waals surface area (Å²) in [7, 11) is -3.39. The van der Waals surface area contributed by atoms with Crippen LogP contribution in [0.3, 0.4) is 0 Å². The monoisotopic (exact) mass is 404 g/mol. The molecule has 0 radical (unpaired) electrons. The minimum atomic E-state index is -3.39. The predicted octanol–water partition coefficient (Wildman–Crippen LogP) is 3.04. The van der Waals surface area contributed by atoms with Gasteiger partial charge in [0.05, 0.1) is 11.1 Å². The van der Waals surface area contributed by atoms with Gasteiger partial charge in [-0.05, 0) is 43.4 Å². The molecule has 1 aliphatic rings. The molecule has 1 aromatic carbocycles. The first kappa shape index (κ1) is 20.5. The van der Waals surface area contributed by atoms with Crippen LogP contribution in [0.25, 0.3) is 0 Å². The molecule has 1 saturated heterocycles. The van der Waals surface area contributed by atoms with Gasteiger partial charge in [0.15, 0.2) is 0 Å². The van der Waals surface area contributed by atoms with Gasteiger partial charge in [-0.2, -0.15) is 9.40 Å². The number of carbonyl (C=O) groups excluding carboxylic acids is 1. The van der Waals surface area contributed by atoms with Crippen molar-refractivity contribution in [2.75, 3.05) is 18.4 Å². The number of sulfonamides is 1. The number of nitrogens with zero attached hydrogens (tertiary/aromatic N) is 3. The van der Waals surface area contributed by atoms with Gasteiger partial charge in [0.2, 0.25) is 15.9 Å². The number of aromatic nitrogens is 2. The lowest BCUT2D eigenvalue weighted by Crippen LogP contribution is -2.27. The first-order valence-electron chi connectivity index (χ1n) is 9.91. The number of hydrogen-bond donors (Lipinski definition) is 1. The number of aryl methyl sites for hydroxylation is 2. The van der Waals surface area contributed by atoms with Crippen molar-refractivity contribution in [3.63, 3.8) is 0 Å². The van der Waals surface area contributed by atoms with Crippen LogP contribution in [-0.4, -0.2) is 41.5 Å². The Bertz CT molecular complexity index is 884. The highest BCUT2D eigenvalue weighted by atomic mass is 32.2. The zero-order chi connectivity index (χ0) is 20.0. The number of unbranched alkanes of at least 4 members (excludes halogenated alkanes) is 1. The Labute approximate surface area is 166 Å². The fraction of sp³-hybridized carbons (Fsp3) is 0.500. The van der Waals surface area contributed by atoms with E-state index in [9.17, 15) is 13.2 Å². The van der Waals surface area contributed by atoms with E-state index in [0.29, 0.717) is 36.6 Å². The molecule has 3 rings (SSSR count). The van der Waals surface area contributed by atoms with E-state index < -0.39 is 10.0 Å². The summed E-state index contributed by atoms with van der Waals surface area (Å²) in [5.74, 6) is 0.637. The fourth-order valence-corrected chi connectivity index (χ4v) is 4.81. The number of rotatable bonds is 9. The number of carbonyl (C=O) groups is 1. The first-order valence-corrected chi connectivity index (χ1v) is 11.4. The van der Waals surface area contributed by atoms with Gasteiger partial charge >= 0.3 is 0 Å². The Morgan fingerprint density at radius 1 is 1.14 bits per heavy atom. The van der Waals surface area contributed by atoms with Gasteiger partial charge in [0.25, 0.3) is 0 Å². The molecule has 7 nitrogen and oxygen atoms in total. The molecule has 152 valence electrons. The molecule has 1 fully saturated rings. The van der Waals surface area contributed by atoms with E-state index in [1.807, 2.05) is 0 Å². The summed E-state index contributed by atoms with van der Waals surface area (Å²) in [4.78, 5) is 12.6. The Kier molecular flexibility index (Phi) is 6.85. The third-order valence-electron chi connectivity index (χ3n) is 4.97. The molecule has 0 saturated carbocycles. The molecule has 1 aliphatic heterocycles.